The van der Waals surface area contributed by atoms with Gasteiger partial charge in [0.05, 0.1) is 18.3 Å². The van der Waals surface area contributed by atoms with E-state index >= 15 is 0 Å². The maximum absolute atomic E-state index is 6.37. The summed E-state index contributed by atoms with van der Waals surface area (Å²) in [5.41, 5.74) is 4.76. The highest BCUT2D eigenvalue weighted by atomic mass is 35.5. The highest BCUT2D eigenvalue weighted by molar-refractivity contribution is 7.10. The standard InChI is InChI=1S/C13H19ClN4OS/c1-7(2)18-12(9(19-4)5-16-18)11(17-15)13-10(14)8(3)6-20-13/h5-7,11,17H,15H2,1-4H3. The normalized spacial score (nSPS) is 12.9. The van der Waals surface area contributed by atoms with Crippen LogP contribution in [0.15, 0.2) is 11.6 Å². The van der Waals surface area contributed by atoms with Gasteiger partial charge in [-0.15, -0.1) is 11.3 Å². The number of hydrogen-bond donors (Lipinski definition) is 2. The zero-order valence-electron chi connectivity index (χ0n) is 12.0. The fourth-order valence-electron chi connectivity index (χ4n) is 2.12. The molecule has 0 saturated heterocycles. The summed E-state index contributed by atoms with van der Waals surface area (Å²) < 4.78 is 7.31. The topological polar surface area (TPSA) is 65.1 Å². The Hall–Kier alpha value is -1.08. The van der Waals surface area contributed by atoms with E-state index in [9.17, 15) is 0 Å². The Morgan fingerprint density at radius 3 is 2.65 bits per heavy atom. The van der Waals surface area contributed by atoms with Gasteiger partial charge in [-0.05, 0) is 31.7 Å². The molecule has 0 bridgehead atoms. The van der Waals surface area contributed by atoms with E-state index < -0.39 is 0 Å². The Labute approximate surface area is 127 Å². The highest BCUT2D eigenvalue weighted by Crippen LogP contribution is 2.39. The van der Waals surface area contributed by atoms with Crippen LogP contribution >= 0.6 is 22.9 Å². The molecule has 5 nitrogen and oxygen atoms in total. The first-order valence-corrected chi connectivity index (χ1v) is 7.58. The number of nitrogens with one attached hydrogen (secondary N) is 1. The van der Waals surface area contributed by atoms with Gasteiger partial charge in [0.1, 0.15) is 11.7 Å². The predicted molar refractivity (Wildman–Crippen MR) is 82.4 cm³/mol. The number of methoxy groups -OCH3 is 1. The summed E-state index contributed by atoms with van der Waals surface area (Å²) in [5.74, 6) is 6.47. The second-order valence-corrected chi connectivity index (χ2v) is 6.12. The Bertz CT molecular complexity index is 593. The molecule has 2 rings (SSSR count). The molecule has 2 aromatic rings. The Morgan fingerprint density at radius 1 is 1.50 bits per heavy atom. The smallest absolute Gasteiger partial charge is 0.162 e. The van der Waals surface area contributed by atoms with Gasteiger partial charge in [-0.1, -0.05) is 11.6 Å². The molecule has 0 amide bonds. The van der Waals surface area contributed by atoms with Crippen LogP contribution in [0.4, 0.5) is 0 Å². The summed E-state index contributed by atoms with van der Waals surface area (Å²) >= 11 is 7.95. The fourth-order valence-corrected chi connectivity index (χ4v) is 3.49. The van der Waals surface area contributed by atoms with Gasteiger partial charge in [0.2, 0.25) is 0 Å². The number of halogens is 1. The monoisotopic (exact) mass is 314 g/mol. The van der Waals surface area contributed by atoms with Gasteiger partial charge in [-0.25, -0.2) is 5.43 Å². The summed E-state index contributed by atoms with van der Waals surface area (Å²) in [5, 5.41) is 7.13. The first-order chi connectivity index (χ1) is 9.51. The third-order valence-electron chi connectivity index (χ3n) is 3.14. The molecule has 0 fully saturated rings. The van der Waals surface area contributed by atoms with E-state index in [1.54, 1.807) is 24.6 Å². The minimum absolute atomic E-state index is 0.199. The summed E-state index contributed by atoms with van der Waals surface area (Å²) in [4.78, 5) is 0.965. The number of nitrogens with two attached hydrogens (primary N) is 1. The number of aryl methyl sites for hydroxylation is 1. The van der Waals surface area contributed by atoms with Crippen LogP contribution in [0.1, 0.15) is 42.1 Å². The Balaban J connectivity index is 2.57. The zero-order valence-corrected chi connectivity index (χ0v) is 13.5. The van der Waals surface area contributed by atoms with Crippen molar-refractivity contribution in [3.05, 3.63) is 32.7 Å². The number of hydrogen-bond acceptors (Lipinski definition) is 5. The lowest BCUT2D eigenvalue weighted by Crippen LogP contribution is -2.31. The van der Waals surface area contributed by atoms with E-state index in [0.29, 0.717) is 5.75 Å². The van der Waals surface area contributed by atoms with E-state index in [0.717, 1.165) is 21.2 Å². The lowest BCUT2D eigenvalue weighted by molar-refractivity contribution is 0.395. The molecule has 2 aromatic heterocycles. The fraction of sp³-hybridized carbons (Fsp3) is 0.462. The lowest BCUT2D eigenvalue weighted by Gasteiger charge is -2.20. The summed E-state index contributed by atoms with van der Waals surface area (Å²) in [6.07, 6.45) is 1.70. The largest absolute Gasteiger partial charge is 0.493 e. The molecule has 20 heavy (non-hydrogen) atoms. The summed E-state index contributed by atoms with van der Waals surface area (Å²) in [6.45, 7) is 6.10. The molecule has 110 valence electrons. The molecule has 0 saturated carbocycles. The van der Waals surface area contributed by atoms with Crippen molar-refractivity contribution < 1.29 is 4.74 Å². The number of thiophene rings is 1. The van der Waals surface area contributed by atoms with E-state index in [2.05, 4.69) is 24.4 Å². The number of nitrogens with zero attached hydrogens (tertiary/aromatic N) is 2. The highest BCUT2D eigenvalue weighted by Gasteiger charge is 2.27. The second kappa shape index (κ2) is 6.13. The minimum Gasteiger partial charge on any atom is -0.493 e. The number of hydrazine groups is 1. The van der Waals surface area contributed by atoms with Gasteiger partial charge < -0.3 is 4.74 Å². The third-order valence-corrected chi connectivity index (χ3v) is 4.91. The van der Waals surface area contributed by atoms with Crippen molar-refractivity contribution in [2.45, 2.75) is 32.9 Å². The average molecular weight is 315 g/mol. The molecule has 3 N–H and O–H groups in total. The van der Waals surface area contributed by atoms with Crippen LogP contribution in [0.3, 0.4) is 0 Å². The van der Waals surface area contributed by atoms with Crippen molar-refractivity contribution in [2.75, 3.05) is 7.11 Å². The molecule has 1 unspecified atom stereocenters. The molecular weight excluding hydrogens is 296 g/mol. The van der Waals surface area contributed by atoms with E-state index in [4.69, 9.17) is 22.2 Å². The number of rotatable bonds is 5. The molecule has 0 aliphatic carbocycles. The van der Waals surface area contributed by atoms with Crippen molar-refractivity contribution in [2.24, 2.45) is 5.84 Å². The number of ether oxygens (including phenoxy) is 1. The lowest BCUT2D eigenvalue weighted by atomic mass is 10.1. The van der Waals surface area contributed by atoms with Gasteiger partial charge in [-0.2, -0.15) is 5.10 Å². The minimum atomic E-state index is -0.249. The van der Waals surface area contributed by atoms with Gasteiger partial charge in [-0.3, -0.25) is 10.5 Å². The number of aromatic nitrogens is 2. The SMILES string of the molecule is COc1cnn(C(C)C)c1C(NN)c1scc(C)c1Cl. The maximum Gasteiger partial charge on any atom is 0.162 e. The molecule has 0 aliphatic heterocycles. The van der Waals surface area contributed by atoms with Crippen LogP contribution in [0.5, 0.6) is 5.75 Å². The second-order valence-electron chi connectivity index (χ2n) is 4.83. The van der Waals surface area contributed by atoms with Gasteiger partial charge in [0.15, 0.2) is 5.75 Å². The van der Waals surface area contributed by atoms with Crippen molar-refractivity contribution in [1.29, 1.82) is 0 Å². The van der Waals surface area contributed by atoms with Crippen LogP contribution in [0.25, 0.3) is 0 Å². The van der Waals surface area contributed by atoms with Crippen LogP contribution < -0.4 is 16.0 Å². The Morgan fingerprint density at radius 2 is 2.20 bits per heavy atom. The molecule has 0 aliphatic rings. The molecule has 0 radical (unpaired) electrons. The van der Waals surface area contributed by atoms with Crippen molar-refractivity contribution >= 4 is 22.9 Å². The van der Waals surface area contributed by atoms with Crippen molar-refractivity contribution in [3.63, 3.8) is 0 Å². The molecular formula is C13H19ClN4OS. The molecule has 0 aromatic carbocycles. The third kappa shape index (κ3) is 2.56. The van der Waals surface area contributed by atoms with Crippen molar-refractivity contribution in [1.82, 2.24) is 15.2 Å². The van der Waals surface area contributed by atoms with Crippen LogP contribution in [0.2, 0.25) is 5.02 Å². The van der Waals surface area contributed by atoms with E-state index in [1.165, 1.54) is 0 Å². The van der Waals surface area contributed by atoms with Gasteiger partial charge in [0.25, 0.3) is 0 Å². The van der Waals surface area contributed by atoms with E-state index in [-0.39, 0.29) is 12.1 Å². The van der Waals surface area contributed by atoms with Crippen LogP contribution in [-0.2, 0) is 0 Å². The van der Waals surface area contributed by atoms with Gasteiger partial charge in [0, 0.05) is 10.9 Å². The quantitative estimate of drug-likeness (QED) is 0.657. The molecule has 1 atom stereocenters. The maximum atomic E-state index is 6.37. The van der Waals surface area contributed by atoms with Crippen LogP contribution in [0, 0.1) is 6.92 Å². The van der Waals surface area contributed by atoms with Crippen molar-refractivity contribution in [3.8, 4) is 5.75 Å². The Kier molecular flexibility index (Phi) is 4.70. The summed E-state index contributed by atoms with van der Waals surface area (Å²) in [7, 11) is 1.63. The summed E-state index contributed by atoms with van der Waals surface area (Å²) in [6, 6.07) is -0.0503. The van der Waals surface area contributed by atoms with Crippen LogP contribution in [-0.4, -0.2) is 16.9 Å². The van der Waals surface area contributed by atoms with Gasteiger partial charge >= 0.3 is 0 Å². The molecule has 0 spiro atoms. The predicted octanol–water partition coefficient (Wildman–Crippen LogP) is 3.05. The molecule has 2 heterocycles. The first kappa shape index (κ1) is 15.3. The first-order valence-electron chi connectivity index (χ1n) is 6.32. The zero-order chi connectivity index (χ0) is 14.9. The molecule has 7 heteroatoms. The average Bonchev–Trinajstić information content (AvgIpc) is 2.98. The van der Waals surface area contributed by atoms with E-state index in [1.807, 2.05) is 17.0 Å².